The molecule has 1 aliphatic carbocycles. The maximum Gasteiger partial charge on any atom is 0.412 e. The Labute approximate surface area is 193 Å². The fourth-order valence-corrected chi connectivity index (χ4v) is 4.37. The van der Waals surface area contributed by atoms with Crippen LogP contribution in [0.2, 0.25) is 0 Å². The van der Waals surface area contributed by atoms with E-state index < -0.39 is 29.1 Å². The lowest BCUT2D eigenvalue weighted by Gasteiger charge is -2.47. The minimum Gasteiger partial charge on any atom is -0.386 e. The number of hydrogen-bond donors (Lipinski definition) is 2. The van der Waals surface area contributed by atoms with Crippen molar-refractivity contribution in [2.45, 2.75) is 44.1 Å². The number of anilines is 2. The maximum absolute atomic E-state index is 14.4. The largest absolute Gasteiger partial charge is 0.412 e. The first-order chi connectivity index (χ1) is 16.0. The molecule has 0 amide bonds. The molecule has 2 aromatic heterocycles. The lowest BCUT2D eigenvalue weighted by atomic mass is 9.78. The third-order valence-corrected chi connectivity index (χ3v) is 6.12. The van der Waals surface area contributed by atoms with Crippen molar-refractivity contribution in [1.29, 1.82) is 5.26 Å². The number of pyridine rings is 1. The summed E-state index contributed by atoms with van der Waals surface area (Å²) in [6, 6.07) is 2.90. The second kappa shape index (κ2) is 8.45. The zero-order chi connectivity index (χ0) is 24.7. The molecule has 7 nitrogen and oxygen atoms in total. The molecule has 2 aromatic rings. The monoisotopic (exact) mass is 474 g/mol. The molecule has 34 heavy (non-hydrogen) atoms. The van der Waals surface area contributed by atoms with Crippen molar-refractivity contribution in [2.75, 3.05) is 11.9 Å². The number of rotatable bonds is 4. The Morgan fingerprint density at radius 3 is 2.65 bits per heavy atom. The first-order valence-corrected chi connectivity index (χ1v) is 10.5. The molecule has 0 bridgehead atoms. The minimum absolute atomic E-state index is 0.00432. The van der Waals surface area contributed by atoms with Gasteiger partial charge in [-0.1, -0.05) is 24.3 Å². The number of halogens is 4. The number of aliphatic hydroxyl groups is 1. The molecule has 0 radical (unpaired) electrons. The third-order valence-electron chi connectivity index (χ3n) is 6.12. The maximum atomic E-state index is 14.4. The van der Waals surface area contributed by atoms with Crippen LogP contribution < -0.4 is 5.32 Å². The molecule has 178 valence electrons. The van der Waals surface area contributed by atoms with Gasteiger partial charge in [0.1, 0.15) is 23.8 Å². The van der Waals surface area contributed by atoms with E-state index in [0.29, 0.717) is 17.1 Å². The Bertz CT molecular complexity index is 1200. The van der Waals surface area contributed by atoms with Crippen molar-refractivity contribution < 1.29 is 22.7 Å². The van der Waals surface area contributed by atoms with Crippen LogP contribution in [0.3, 0.4) is 0 Å². The average molecular weight is 474 g/mol. The highest BCUT2D eigenvalue weighted by Crippen LogP contribution is 2.46. The Morgan fingerprint density at radius 1 is 1.24 bits per heavy atom. The van der Waals surface area contributed by atoms with E-state index >= 15 is 0 Å². The first kappa shape index (κ1) is 23.8. The van der Waals surface area contributed by atoms with Crippen LogP contribution in [-0.2, 0) is 18.6 Å². The van der Waals surface area contributed by atoms with Crippen molar-refractivity contribution in [3.8, 4) is 6.07 Å². The number of aromatic nitrogens is 3. The van der Waals surface area contributed by atoms with Gasteiger partial charge in [0, 0.05) is 36.5 Å². The van der Waals surface area contributed by atoms with Gasteiger partial charge in [-0.15, -0.1) is 0 Å². The van der Waals surface area contributed by atoms with Crippen LogP contribution in [0.4, 0.5) is 29.2 Å². The summed E-state index contributed by atoms with van der Waals surface area (Å²) in [5, 5.41) is 22.4. The smallest absolute Gasteiger partial charge is 0.386 e. The molecular weight excluding hydrogens is 452 g/mol. The molecule has 0 saturated carbocycles. The molecule has 3 heterocycles. The van der Waals surface area contributed by atoms with E-state index in [-0.39, 0.29) is 30.9 Å². The van der Waals surface area contributed by atoms with Crippen LogP contribution in [-0.4, -0.2) is 43.2 Å². The van der Waals surface area contributed by atoms with Crippen molar-refractivity contribution in [3.63, 3.8) is 0 Å². The number of alkyl halides is 3. The summed E-state index contributed by atoms with van der Waals surface area (Å²) in [5.41, 5.74) is -2.89. The standard InChI is InChI=1S/C23H22F4N6O/c1-21(2,34)16-11-29-19(9-17(16)24)32-20-15-6-8-33(12-18(15)30-13-31-20)22(23(25,26)27)7-4-3-5-14(22)10-28/h3-5,7,9,11,13-14,34H,6,8,12H2,1-2H3,(H,29,30,31,32). The molecule has 2 atom stereocenters. The summed E-state index contributed by atoms with van der Waals surface area (Å²) < 4.78 is 57.4. The van der Waals surface area contributed by atoms with Crippen LogP contribution >= 0.6 is 0 Å². The zero-order valence-corrected chi connectivity index (χ0v) is 18.4. The summed E-state index contributed by atoms with van der Waals surface area (Å²) >= 11 is 0. The normalized spacial score (nSPS) is 22.8. The molecule has 0 fully saturated rings. The van der Waals surface area contributed by atoms with Gasteiger partial charge in [-0.25, -0.2) is 19.3 Å². The average Bonchev–Trinajstić information content (AvgIpc) is 2.77. The topological polar surface area (TPSA) is 98.0 Å². The second-order valence-corrected chi connectivity index (χ2v) is 8.73. The highest BCUT2D eigenvalue weighted by Gasteiger charge is 2.62. The highest BCUT2D eigenvalue weighted by atomic mass is 19.4. The Hall–Kier alpha value is -3.36. The zero-order valence-electron chi connectivity index (χ0n) is 18.4. The Balaban J connectivity index is 1.64. The fourth-order valence-electron chi connectivity index (χ4n) is 4.37. The lowest BCUT2D eigenvalue weighted by molar-refractivity contribution is -0.225. The quantitative estimate of drug-likeness (QED) is 0.649. The number of nitrogens with one attached hydrogen (secondary N) is 1. The Kier molecular flexibility index (Phi) is 5.91. The molecule has 0 aromatic carbocycles. The van der Waals surface area contributed by atoms with Crippen LogP contribution in [0.15, 0.2) is 42.9 Å². The Morgan fingerprint density at radius 2 is 2.00 bits per heavy atom. The van der Waals surface area contributed by atoms with Gasteiger partial charge in [0.2, 0.25) is 0 Å². The van der Waals surface area contributed by atoms with Gasteiger partial charge in [-0.05, 0) is 20.3 Å². The summed E-state index contributed by atoms with van der Waals surface area (Å²) in [4.78, 5) is 13.7. The van der Waals surface area contributed by atoms with Crippen molar-refractivity contribution in [3.05, 3.63) is 65.5 Å². The second-order valence-electron chi connectivity index (χ2n) is 8.73. The molecule has 0 saturated heterocycles. The predicted molar refractivity (Wildman–Crippen MR) is 115 cm³/mol. The number of nitrogens with zero attached hydrogens (tertiary/aromatic N) is 5. The minimum atomic E-state index is -4.69. The van der Waals surface area contributed by atoms with Crippen LogP contribution in [0.1, 0.15) is 30.7 Å². The molecule has 4 rings (SSSR count). The van der Waals surface area contributed by atoms with Gasteiger partial charge in [-0.3, -0.25) is 4.90 Å². The van der Waals surface area contributed by atoms with Gasteiger partial charge in [0.15, 0.2) is 5.54 Å². The number of fused-ring (bicyclic) bond motifs is 1. The van der Waals surface area contributed by atoms with E-state index in [2.05, 4.69) is 20.3 Å². The molecule has 0 spiro atoms. The van der Waals surface area contributed by atoms with E-state index in [1.54, 1.807) is 6.07 Å². The summed E-state index contributed by atoms with van der Waals surface area (Å²) in [6.45, 7) is 2.73. The van der Waals surface area contributed by atoms with Gasteiger partial charge in [-0.2, -0.15) is 18.4 Å². The van der Waals surface area contributed by atoms with Crippen LogP contribution in [0.5, 0.6) is 0 Å². The summed E-state index contributed by atoms with van der Waals surface area (Å²) in [5.74, 6) is -1.62. The SMILES string of the molecule is CC(C)(O)c1cnc(Nc2ncnc3c2CCN(C2(C(F)(F)F)C=CC=CC2C#N)C3)cc1F. The van der Waals surface area contributed by atoms with Gasteiger partial charge >= 0.3 is 6.18 Å². The van der Waals surface area contributed by atoms with Gasteiger partial charge < -0.3 is 10.4 Å². The number of allylic oxidation sites excluding steroid dienone is 2. The molecule has 11 heteroatoms. The first-order valence-electron chi connectivity index (χ1n) is 10.5. The third kappa shape index (κ3) is 4.03. The van der Waals surface area contributed by atoms with E-state index in [1.165, 1.54) is 49.5 Å². The molecule has 2 unspecified atom stereocenters. The van der Waals surface area contributed by atoms with E-state index in [1.807, 2.05) is 0 Å². The molecule has 2 N–H and O–H groups in total. The molecule has 2 aliphatic rings. The fraction of sp³-hybridized carbons (Fsp3) is 0.391. The summed E-state index contributed by atoms with van der Waals surface area (Å²) in [6.07, 6.45) is 2.95. The van der Waals surface area contributed by atoms with E-state index in [4.69, 9.17) is 0 Å². The van der Waals surface area contributed by atoms with Crippen molar-refractivity contribution in [1.82, 2.24) is 19.9 Å². The van der Waals surface area contributed by atoms with Crippen LogP contribution in [0.25, 0.3) is 0 Å². The van der Waals surface area contributed by atoms with E-state index in [9.17, 15) is 27.9 Å². The highest BCUT2D eigenvalue weighted by molar-refractivity contribution is 5.57. The van der Waals surface area contributed by atoms with Crippen molar-refractivity contribution in [2.24, 2.45) is 5.92 Å². The van der Waals surface area contributed by atoms with Crippen LogP contribution in [0, 0.1) is 23.1 Å². The van der Waals surface area contributed by atoms with Gasteiger partial charge in [0.25, 0.3) is 0 Å². The number of nitriles is 1. The van der Waals surface area contributed by atoms with Gasteiger partial charge in [0.05, 0.1) is 23.3 Å². The van der Waals surface area contributed by atoms with Crippen molar-refractivity contribution >= 4 is 11.6 Å². The van der Waals surface area contributed by atoms with E-state index in [0.717, 1.165) is 12.1 Å². The molecule has 1 aliphatic heterocycles. The molecular formula is C23H22F4N6O. The lowest BCUT2D eigenvalue weighted by Crippen LogP contribution is -2.63. The summed E-state index contributed by atoms with van der Waals surface area (Å²) in [7, 11) is 0. The predicted octanol–water partition coefficient (Wildman–Crippen LogP) is 3.91. The number of hydrogen-bond acceptors (Lipinski definition) is 7.